The molecule has 0 aromatic heterocycles. The van der Waals surface area contributed by atoms with Gasteiger partial charge in [-0.15, -0.1) is 23.2 Å². The molecule has 0 unspecified atom stereocenters. The first-order valence-corrected chi connectivity index (χ1v) is 8.70. The van der Waals surface area contributed by atoms with Crippen molar-refractivity contribution in [3.8, 4) is 0 Å². The molecule has 6 heteroatoms. The first kappa shape index (κ1) is 17.9. The Morgan fingerprint density at radius 1 is 0.909 bits per heavy atom. The topological polar surface area (TPSA) is 21.7 Å². The van der Waals surface area contributed by atoms with Gasteiger partial charge in [-0.25, -0.2) is 0 Å². The highest BCUT2D eigenvalue weighted by Gasteiger charge is 2.51. The number of hydrogen-bond donors (Lipinski definition) is 0. The van der Waals surface area contributed by atoms with Crippen LogP contribution in [0.1, 0.15) is 27.7 Å². The summed E-state index contributed by atoms with van der Waals surface area (Å²) in [6.07, 6.45) is 0. The zero-order valence-electron chi connectivity index (χ0n) is 13.7. The lowest BCUT2D eigenvalue weighted by molar-refractivity contribution is 0.00578. The SMILES string of the molecule is CC1(C)OB(c2ccc(N(CCCl)CCCl)cc2)OC1(C)C. The summed E-state index contributed by atoms with van der Waals surface area (Å²) in [7, 11) is -0.325. The molecule has 122 valence electrons. The van der Waals surface area contributed by atoms with E-state index in [1.54, 1.807) is 0 Å². The molecule has 0 aliphatic carbocycles. The van der Waals surface area contributed by atoms with Gasteiger partial charge in [-0.2, -0.15) is 0 Å². The van der Waals surface area contributed by atoms with Crippen LogP contribution in [0, 0.1) is 0 Å². The molecule has 1 aliphatic heterocycles. The van der Waals surface area contributed by atoms with Gasteiger partial charge in [0.15, 0.2) is 0 Å². The van der Waals surface area contributed by atoms with Crippen molar-refractivity contribution in [3.05, 3.63) is 24.3 Å². The number of benzene rings is 1. The van der Waals surface area contributed by atoms with Crippen molar-refractivity contribution in [2.45, 2.75) is 38.9 Å². The minimum atomic E-state index is -0.325. The molecule has 0 spiro atoms. The van der Waals surface area contributed by atoms with Crippen LogP contribution >= 0.6 is 23.2 Å². The van der Waals surface area contributed by atoms with Crippen molar-refractivity contribution >= 4 is 41.5 Å². The zero-order chi connectivity index (χ0) is 16.4. The number of halogens is 2. The second-order valence-electron chi connectivity index (χ2n) is 6.54. The third-order valence-electron chi connectivity index (χ3n) is 4.49. The fourth-order valence-electron chi connectivity index (χ4n) is 2.40. The van der Waals surface area contributed by atoms with Gasteiger partial charge in [0.25, 0.3) is 0 Å². The molecule has 0 radical (unpaired) electrons. The summed E-state index contributed by atoms with van der Waals surface area (Å²) in [5.74, 6) is 1.16. The van der Waals surface area contributed by atoms with Crippen molar-refractivity contribution in [2.75, 3.05) is 29.7 Å². The van der Waals surface area contributed by atoms with Gasteiger partial charge in [-0.1, -0.05) is 12.1 Å². The quantitative estimate of drug-likeness (QED) is 0.584. The maximum Gasteiger partial charge on any atom is 0.494 e. The largest absolute Gasteiger partial charge is 0.494 e. The second-order valence-corrected chi connectivity index (χ2v) is 7.30. The summed E-state index contributed by atoms with van der Waals surface area (Å²) in [5, 5.41) is 0. The number of alkyl halides is 2. The number of hydrogen-bond acceptors (Lipinski definition) is 3. The predicted octanol–water partition coefficient (Wildman–Crippen LogP) is 3.27. The number of rotatable bonds is 6. The van der Waals surface area contributed by atoms with Crippen molar-refractivity contribution in [3.63, 3.8) is 0 Å². The van der Waals surface area contributed by atoms with Crippen LogP contribution in [0.3, 0.4) is 0 Å². The van der Waals surface area contributed by atoms with Crippen LogP contribution in [0.15, 0.2) is 24.3 Å². The molecule has 0 bridgehead atoms. The first-order chi connectivity index (χ1) is 10.3. The molecular weight excluding hydrogens is 320 g/mol. The highest BCUT2D eigenvalue weighted by molar-refractivity contribution is 6.62. The molecule has 1 aromatic carbocycles. The van der Waals surface area contributed by atoms with E-state index in [2.05, 4.69) is 44.7 Å². The average Bonchev–Trinajstić information content (AvgIpc) is 2.67. The summed E-state index contributed by atoms with van der Waals surface area (Å²) in [4.78, 5) is 2.17. The Bertz CT molecular complexity index is 471. The van der Waals surface area contributed by atoms with Gasteiger partial charge >= 0.3 is 7.12 Å². The second kappa shape index (κ2) is 7.00. The molecule has 1 fully saturated rings. The molecule has 2 rings (SSSR count). The third-order valence-corrected chi connectivity index (χ3v) is 4.83. The fourth-order valence-corrected chi connectivity index (χ4v) is 2.80. The Kier molecular flexibility index (Phi) is 5.71. The van der Waals surface area contributed by atoms with E-state index in [-0.39, 0.29) is 18.3 Å². The normalized spacial score (nSPS) is 19.5. The van der Waals surface area contributed by atoms with E-state index in [9.17, 15) is 0 Å². The summed E-state index contributed by atoms with van der Waals surface area (Å²) in [6, 6.07) is 8.23. The lowest BCUT2D eigenvalue weighted by Gasteiger charge is -2.32. The molecule has 1 aromatic rings. The average molecular weight is 344 g/mol. The van der Waals surface area contributed by atoms with Crippen LogP contribution in [0.4, 0.5) is 5.69 Å². The summed E-state index contributed by atoms with van der Waals surface area (Å²) < 4.78 is 12.1. The Morgan fingerprint density at radius 2 is 1.36 bits per heavy atom. The lowest BCUT2D eigenvalue weighted by Crippen LogP contribution is -2.41. The van der Waals surface area contributed by atoms with E-state index in [1.165, 1.54) is 0 Å². The van der Waals surface area contributed by atoms with Gasteiger partial charge < -0.3 is 14.2 Å². The Hall–Kier alpha value is -0.415. The highest BCUT2D eigenvalue weighted by atomic mass is 35.5. The van der Waals surface area contributed by atoms with E-state index in [1.807, 2.05) is 12.1 Å². The molecule has 1 heterocycles. The van der Waals surface area contributed by atoms with E-state index >= 15 is 0 Å². The van der Waals surface area contributed by atoms with Crippen LogP contribution in [0.25, 0.3) is 0 Å². The maximum atomic E-state index is 6.07. The summed E-state index contributed by atoms with van der Waals surface area (Å²) >= 11 is 11.7. The molecule has 22 heavy (non-hydrogen) atoms. The monoisotopic (exact) mass is 343 g/mol. The minimum Gasteiger partial charge on any atom is -0.399 e. The van der Waals surface area contributed by atoms with Gasteiger partial charge in [0, 0.05) is 30.5 Å². The fraction of sp³-hybridized carbons (Fsp3) is 0.625. The van der Waals surface area contributed by atoms with Crippen LogP contribution in [-0.2, 0) is 9.31 Å². The van der Waals surface area contributed by atoms with E-state index in [4.69, 9.17) is 32.5 Å². The van der Waals surface area contributed by atoms with Crippen LogP contribution in [0.2, 0.25) is 0 Å². The molecule has 0 saturated carbocycles. The molecule has 0 atom stereocenters. The summed E-state index contributed by atoms with van der Waals surface area (Å²) in [6.45, 7) is 9.80. The third kappa shape index (κ3) is 3.73. The Morgan fingerprint density at radius 3 is 1.77 bits per heavy atom. The summed E-state index contributed by atoms with van der Waals surface area (Å²) in [5.41, 5.74) is 1.50. The molecule has 1 aliphatic rings. The van der Waals surface area contributed by atoms with Crippen molar-refractivity contribution in [1.29, 1.82) is 0 Å². The van der Waals surface area contributed by atoms with E-state index in [0.717, 1.165) is 24.2 Å². The van der Waals surface area contributed by atoms with Gasteiger partial charge in [0.1, 0.15) is 0 Å². The molecule has 0 amide bonds. The lowest BCUT2D eigenvalue weighted by atomic mass is 9.79. The van der Waals surface area contributed by atoms with Gasteiger partial charge in [-0.05, 0) is 45.3 Å². The van der Waals surface area contributed by atoms with Gasteiger partial charge in [0.2, 0.25) is 0 Å². The Labute approximate surface area is 144 Å². The van der Waals surface area contributed by atoms with E-state index in [0.29, 0.717) is 11.8 Å². The maximum absolute atomic E-state index is 6.07. The van der Waals surface area contributed by atoms with Crippen LogP contribution in [-0.4, -0.2) is 43.2 Å². The predicted molar refractivity (Wildman–Crippen MR) is 95.8 cm³/mol. The molecule has 0 N–H and O–H groups in total. The smallest absolute Gasteiger partial charge is 0.399 e. The van der Waals surface area contributed by atoms with E-state index < -0.39 is 0 Å². The standard InChI is InChI=1S/C16H24BCl2NO2/c1-15(2)16(3,4)22-17(21-15)13-5-7-14(8-6-13)20(11-9-18)12-10-19/h5-8H,9-12H2,1-4H3. The molecule has 3 nitrogen and oxygen atoms in total. The van der Waals surface area contributed by atoms with Crippen molar-refractivity contribution in [2.24, 2.45) is 0 Å². The van der Waals surface area contributed by atoms with Crippen LogP contribution < -0.4 is 10.4 Å². The van der Waals surface area contributed by atoms with Crippen LogP contribution in [0.5, 0.6) is 0 Å². The van der Waals surface area contributed by atoms with Crippen molar-refractivity contribution in [1.82, 2.24) is 0 Å². The molecule has 1 saturated heterocycles. The van der Waals surface area contributed by atoms with Gasteiger partial charge in [-0.3, -0.25) is 0 Å². The van der Waals surface area contributed by atoms with Crippen molar-refractivity contribution < 1.29 is 9.31 Å². The first-order valence-electron chi connectivity index (χ1n) is 7.63. The van der Waals surface area contributed by atoms with Gasteiger partial charge in [0.05, 0.1) is 11.2 Å². The molecular formula is C16H24BCl2NO2. The zero-order valence-corrected chi connectivity index (χ0v) is 15.2. The minimum absolute atomic E-state index is 0.320. The Balaban J connectivity index is 2.12. The number of nitrogens with zero attached hydrogens (tertiary/aromatic N) is 1. The number of anilines is 1. The highest BCUT2D eigenvalue weighted by Crippen LogP contribution is 2.36.